The lowest BCUT2D eigenvalue weighted by Gasteiger charge is -2.11. The van der Waals surface area contributed by atoms with Crippen molar-refractivity contribution in [2.75, 3.05) is 32.8 Å². The van der Waals surface area contributed by atoms with Gasteiger partial charge in [0.1, 0.15) is 12.4 Å². The van der Waals surface area contributed by atoms with Gasteiger partial charge in [0, 0.05) is 19.2 Å². The summed E-state index contributed by atoms with van der Waals surface area (Å²) in [6.07, 6.45) is 1.35. The van der Waals surface area contributed by atoms with E-state index >= 15 is 0 Å². The maximum atomic E-state index is 11.0. The second-order valence-electron chi connectivity index (χ2n) is 7.55. The summed E-state index contributed by atoms with van der Waals surface area (Å²) in [5.41, 5.74) is 5.18. The second-order valence-corrected chi connectivity index (χ2v) is 7.55. The SMILES string of the molecule is CC.CC.CC/C(=N\C(OCCOC)=C(C)C)c1ccc(OC)cc1.CCC(=O)Nc1ccc(C)cc1. The Bertz CT molecular complexity index is 898. The number of benzene rings is 2. The molecule has 0 aliphatic heterocycles. The molecule has 208 valence electrons. The van der Waals surface area contributed by atoms with E-state index in [1.54, 1.807) is 14.2 Å². The molecule has 0 spiro atoms. The van der Waals surface area contributed by atoms with E-state index in [1.807, 2.05) is 104 Å². The maximum absolute atomic E-state index is 11.0. The molecule has 0 radical (unpaired) electrons. The minimum atomic E-state index is 0.0545. The fraction of sp³-hybridized carbons (Fsp3) is 0.484. The van der Waals surface area contributed by atoms with Crippen LogP contribution in [0.3, 0.4) is 0 Å². The lowest BCUT2D eigenvalue weighted by atomic mass is 10.1. The van der Waals surface area contributed by atoms with E-state index in [4.69, 9.17) is 14.2 Å². The smallest absolute Gasteiger partial charge is 0.224 e. The highest BCUT2D eigenvalue weighted by Gasteiger charge is 2.06. The van der Waals surface area contributed by atoms with Crippen molar-refractivity contribution in [1.29, 1.82) is 0 Å². The van der Waals surface area contributed by atoms with E-state index in [2.05, 4.69) is 17.2 Å². The fourth-order valence-corrected chi connectivity index (χ4v) is 2.65. The first-order chi connectivity index (χ1) is 17.8. The molecular weight excluding hydrogens is 464 g/mol. The van der Waals surface area contributed by atoms with Crippen LogP contribution in [0.25, 0.3) is 0 Å². The molecule has 0 aromatic heterocycles. The van der Waals surface area contributed by atoms with Gasteiger partial charge in [-0.25, -0.2) is 4.99 Å². The van der Waals surface area contributed by atoms with Crippen LogP contribution in [-0.4, -0.2) is 39.1 Å². The molecule has 0 heterocycles. The van der Waals surface area contributed by atoms with Gasteiger partial charge < -0.3 is 19.5 Å². The van der Waals surface area contributed by atoms with Gasteiger partial charge in [0.05, 0.1) is 19.4 Å². The first-order valence-corrected chi connectivity index (χ1v) is 13.2. The van der Waals surface area contributed by atoms with Crippen molar-refractivity contribution in [2.45, 2.75) is 75.2 Å². The van der Waals surface area contributed by atoms with Crippen molar-refractivity contribution in [1.82, 2.24) is 0 Å². The predicted molar refractivity (Wildman–Crippen MR) is 159 cm³/mol. The zero-order chi connectivity index (χ0) is 28.6. The van der Waals surface area contributed by atoms with Crippen LogP contribution >= 0.6 is 0 Å². The summed E-state index contributed by atoms with van der Waals surface area (Å²) in [6, 6.07) is 15.7. The average molecular weight is 515 g/mol. The number of methoxy groups -OCH3 is 2. The Morgan fingerprint density at radius 2 is 1.41 bits per heavy atom. The molecule has 0 atom stereocenters. The van der Waals surface area contributed by atoms with E-state index < -0.39 is 0 Å². The largest absolute Gasteiger partial charge is 0.497 e. The number of amides is 1. The minimum absolute atomic E-state index is 0.0545. The second kappa shape index (κ2) is 23.3. The molecule has 2 aromatic carbocycles. The zero-order valence-corrected chi connectivity index (χ0v) is 25.0. The molecule has 0 aliphatic carbocycles. The highest BCUT2D eigenvalue weighted by atomic mass is 16.5. The highest BCUT2D eigenvalue weighted by Crippen LogP contribution is 2.16. The number of allylic oxidation sites excluding steroid dienone is 1. The van der Waals surface area contributed by atoms with Crippen molar-refractivity contribution in [2.24, 2.45) is 4.99 Å². The number of rotatable bonds is 10. The van der Waals surface area contributed by atoms with Gasteiger partial charge >= 0.3 is 0 Å². The molecule has 0 saturated heterocycles. The van der Waals surface area contributed by atoms with Crippen LogP contribution in [0.4, 0.5) is 5.69 Å². The summed E-state index contributed by atoms with van der Waals surface area (Å²) in [5, 5.41) is 2.78. The average Bonchev–Trinajstić information content (AvgIpc) is 2.94. The number of nitrogens with one attached hydrogen (secondary N) is 1. The van der Waals surface area contributed by atoms with E-state index in [0.29, 0.717) is 25.5 Å². The number of aliphatic imine (C=N–C) groups is 1. The Hall–Kier alpha value is -3.12. The molecule has 0 fully saturated rings. The van der Waals surface area contributed by atoms with Gasteiger partial charge in [-0.2, -0.15) is 0 Å². The summed E-state index contributed by atoms with van der Waals surface area (Å²) in [4.78, 5) is 15.6. The standard InChI is InChI=1S/C17H25NO3.C10H13NO.2C2H6/c1-6-16(14-7-9-15(20-5)10-8-14)18-17(13(2)3)21-12-11-19-4;1-3-10(12)11-9-6-4-8(2)5-7-9;2*1-2/h7-10H,6,11-12H2,1-5H3;4-7H,3H2,1-2H3,(H,11,12);2*1-2H3/b18-16+;;;. The molecule has 1 amide bonds. The number of anilines is 1. The molecule has 0 saturated carbocycles. The number of carbonyl (C=O) groups is 1. The quantitative estimate of drug-likeness (QED) is 0.197. The third-order valence-corrected chi connectivity index (χ3v) is 4.61. The van der Waals surface area contributed by atoms with Gasteiger partial charge in [-0.1, -0.05) is 59.2 Å². The van der Waals surface area contributed by atoms with Gasteiger partial charge in [0.15, 0.2) is 0 Å². The van der Waals surface area contributed by atoms with Gasteiger partial charge in [0.2, 0.25) is 11.8 Å². The van der Waals surface area contributed by atoms with E-state index in [0.717, 1.165) is 34.7 Å². The first kappa shape index (κ1) is 36.0. The van der Waals surface area contributed by atoms with Crippen LogP contribution in [0, 0.1) is 6.92 Å². The minimum Gasteiger partial charge on any atom is -0.497 e. The van der Waals surface area contributed by atoms with Crippen LogP contribution in [0.1, 0.15) is 79.4 Å². The summed E-state index contributed by atoms with van der Waals surface area (Å²) in [7, 11) is 3.32. The number of carbonyl (C=O) groups excluding carboxylic acids is 1. The van der Waals surface area contributed by atoms with E-state index in [-0.39, 0.29) is 5.91 Å². The van der Waals surface area contributed by atoms with Crippen molar-refractivity contribution in [3.63, 3.8) is 0 Å². The van der Waals surface area contributed by atoms with Gasteiger partial charge in [-0.05, 0) is 74.7 Å². The predicted octanol–water partition coefficient (Wildman–Crippen LogP) is 8.20. The highest BCUT2D eigenvalue weighted by molar-refractivity contribution is 6.01. The molecule has 2 rings (SSSR count). The summed E-state index contributed by atoms with van der Waals surface area (Å²) < 4.78 is 15.9. The molecule has 0 unspecified atom stereocenters. The van der Waals surface area contributed by atoms with Crippen molar-refractivity contribution >= 4 is 17.3 Å². The third-order valence-electron chi connectivity index (χ3n) is 4.61. The number of ether oxygens (including phenoxy) is 3. The maximum Gasteiger partial charge on any atom is 0.224 e. The van der Waals surface area contributed by atoms with Crippen LogP contribution in [0.2, 0.25) is 0 Å². The van der Waals surface area contributed by atoms with Crippen molar-refractivity contribution in [3.8, 4) is 5.75 Å². The van der Waals surface area contributed by atoms with Gasteiger partial charge in [-0.3, -0.25) is 4.79 Å². The number of hydrogen-bond donors (Lipinski definition) is 1. The molecule has 6 heteroatoms. The van der Waals surface area contributed by atoms with Crippen molar-refractivity contribution in [3.05, 3.63) is 71.1 Å². The lowest BCUT2D eigenvalue weighted by Crippen LogP contribution is -2.08. The van der Waals surface area contributed by atoms with Crippen LogP contribution in [-0.2, 0) is 14.3 Å². The summed E-state index contributed by atoms with van der Waals surface area (Å²) in [5.74, 6) is 1.56. The van der Waals surface area contributed by atoms with E-state index in [9.17, 15) is 4.79 Å². The molecule has 2 aromatic rings. The zero-order valence-electron chi connectivity index (χ0n) is 25.0. The molecule has 0 aliphatic rings. The third kappa shape index (κ3) is 16.3. The molecule has 0 bridgehead atoms. The normalized spacial score (nSPS) is 9.76. The Morgan fingerprint density at radius 1 is 0.838 bits per heavy atom. The Morgan fingerprint density at radius 3 is 1.84 bits per heavy atom. The van der Waals surface area contributed by atoms with E-state index in [1.165, 1.54) is 5.56 Å². The Kier molecular flexibility index (Phi) is 22.7. The van der Waals surface area contributed by atoms with Gasteiger partial charge in [-0.15, -0.1) is 0 Å². The number of hydrogen-bond acceptors (Lipinski definition) is 5. The molecule has 37 heavy (non-hydrogen) atoms. The molecule has 6 nitrogen and oxygen atoms in total. The molecule has 1 N–H and O–H groups in total. The van der Waals surface area contributed by atoms with Crippen LogP contribution in [0.5, 0.6) is 5.75 Å². The number of aryl methyl sites for hydroxylation is 1. The van der Waals surface area contributed by atoms with Gasteiger partial charge in [0.25, 0.3) is 0 Å². The topological polar surface area (TPSA) is 69.1 Å². The van der Waals surface area contributed by atoms with Crippen LogP contribution in [0.15, 0.2) is 65.0 Å². The monoisotopic (exact) mass is 514 g/mol. The first-order valence-electron chi connectivity index (χ1n) is 13.2. The lowest BCUT2D eigenvalue weighted by molar-refractivity contribution is -0.115. The summed E-state index contributed by atoms with van der Waals surface area (Å²) in [6.45, 7) is 19.0. The van der Waals surface area contributed by atoms with Crippen molar-refractivity contribution < 1.29 is 19.0 Å². The van der Waals surface area contributed by atoms with Crippen LogP contribution < -0.4 is 10.1 Å². The fourth-order valence-electron chi connectivity index (χ4n) is 2.65. The molecular formula is C31H50N2O4. The summed E-state index contributed by atoms with van der Waals surface area (Å²) >= 11 is 0. The Balaban J connectivity index is 0. The number of nitrogens with zero attached hydrogens (tertiary/aromatic N) is 1. The Labute approximate surface area is 226 Å².